The van der Waals surface area contributed by atoms with Crippen molar-refractivity contribution in [3.63, 3.8) is 0 Å². The molecule has 0 aliphatic heterocycles. The van der Waals surface area contributed by atoms with Gasteiger partial charge < -0.3 is 14.0 Å². The highest BCUT2D eigenvalue weighted by Crippen LogP contribution is 2.31. The van der Waals surface area contributed by atoms with Crippen LogP contribution >= 0.6 is 0 Å². The van der Waals surface area contributed by atoms with Crippen LogP contribution in [0, 0.1) is 5.82 Å². The van der Waals surface area contributed by atoms with Crippen molar-refractivity contribution in [3.8, 4) is 34.1 Å². The van der Waals surface area contributed by atoms with Gasteiger partial charge in [-0.2, -0.15) is 0 Å². The molecule has 0 fully saturated rings. The summed E-state index contributed by atoms with van der Waals surface area (Å²) in [5, 5.41) is 3.95. The minimum atomic E-state index is -0.426. The average molecular weight is 300 g/mol. The van der Waals surface area contributed by atoms with Crippen LogP contribution < -0.4 is 9.47 Å². The second kappa shape index (κ2) is 5.85. The van der Waals surface area contributed by atoms with Crippen LogP contribution in [0.25, 0.3) is 22.6 Å². The fraction of sp³-hybridized carbons (Fsp3) is 0.125. The number of hydrogen-bond donors (Lipinski definition) is 0. The third-order valence-corrected chi connectivity index (χ3v) is 3.15. The molecular formula is C16H13FN2O3. The molecule has 1 aromatic carbocycles. The van der Waals surface area contributed by atoms with Crippen molar-refractivity contribution in [2.45, 2.75) is 0 Å². The summed E-state index contributed by atoms with van der Waals surface area (Å²) in [6.45, 7) is 0. The first kappa shape index (κ1) is 14.1. The number of halogens is 1. The molecule has 0 atom stereocenters. The Bertz CT molecular complexity index is 779. The third kappa shape index (κ3) is 2.76. The second-order valence-corrected chi connectivity index (χ2v) is 4.57. The first-order chi connectivity index (χ1) is 10.7. The van der Waals surface area contributed by atoms with E-state index in [0.29, 0.717) is 28.5 Å². The summed E-state index contributed by atoms with van der Waals surface area (Å²) in [7, 11) is 3.14. The first-order valence-electron chi connectivity index (χ1n) is 6.50. The quantitative estimate of drug-likeness (QED) is 0.737. The van der Waals surface area contributed by atoms with Gasteiger partial charge in [0.1, 0.15) is 23.0 Å². The molecule has 2 aromatic heterocycles. The van der Waals surface area contributed by atoms with Gasteiger partial charge in [0.05, 0.1) is 20.4 Å². The number of rotatable bonds is 4. The molecule has 0 saturated heterocycles. The zero-order chi connectivity index (χ0) is 15.5. The lowest BCUT2D eigenvalue weighted by atomic mass is 10.1. The van der Waals surface area contributed by atoms with Crippen molar-refractivity contribution in [3.05, 3.63) is 48.5 Å². The zero-order valence-electron chi connectivity index (χ0n) is 12.0. The van der Waals surface area contributed by atoms with Crippen LogP contribution in [0.2, 0.25) is 0 Å². The Labute approximate surface area is 126 Å². The summed E-state index contributed by atoms with van der Waals surface area (Å²) in [4.78, 5) is 3.80. The van der Waals surface area contributed by atoms with Gasteiger partial charge in [-0.3, -0.25) is 4.98 Å². The SMILES string of the molecule is COc1cc(OC)cc(-c2cc(-c3cncc(F)c3)no2)c1. The van der Waals surface area contributed by atoms with Crippen LogP contribution in [0.4, 0.5) is 4.39 Å². The van der Waals surface area contributed by atoms with Gasteiger partial charge in [-0.1, -0.05) is 5.16 Å². The van der Waals surface area contributed by atoms with Crippen LogP contribution in [0.15, 0.2) is 47.2 Å². The molecule has 0 bridgehead atoms. The summed E-state index contributed by atoms with van der Waals surface area (Å²) < 4.78 is 29.0. The molecule has 6 heteroatoms. The van der Waals surface area contributed by atoms with E-state index < -0.39 is 5.82 Å². The lowest BCUT2D eigenvalue weighted by Crippen LogP contribution is -1.88. The summed E-state index contributed by atoms with van der Waals surface area (Å²) in [5.41, 5.74) is 1.80. The molecule has 3 rings (SSSR count). The topological polar surface area (TPSA) is 57.4 Å². The van der Waals surface area contributed by atoms with Gasteiger partial charge in [0, 0.05) is 29.5 Å². The van der Waals surface area contributed by atoms with Crippen molar-refractivity contribution in [2.24, 2.45) is 0 Å². The van der Waals surface area contributed by atoms with E-state index in [2.05, 4.69) is 10.1 Å². The molecule has 0 amide bonds. The van der Waals surface area contributed by atoms with Crippen LogP contribution in [0.5, 0.6) is 11.5 Å². The normalized spacial score (nSPS) is 10.5. The van der Waals surface area contributed by atoms with Crippen LogP contribution in [0.1, 0.15) is 0 Å². The van der Waals surface area contributed by atoms with Gasteiger partial charge in [0.2, 0.25) is 0 Å². The number of benzene rings is 1. The maximum Gasteiger partial charge on any atom is 0.167 e. The fourth-order valence-electron chi connectivity index (χ4n) is 2.05. The summed E-state index contributed by atoms with van der Waals surface area (Å²) in [6, 6.07) is 8.43. The Hall–Kier alpha value is -2.89. The van der Waals surface area contributed by atoms with Gasteiger partial charge in [-0.05, 0) is 18.2 Å². The summed E-state index contributed by atoms with van der Waals surface area (Å²) in [6.07, 6.45) is 2.66. The molecule has 0 aliphatic rings. The van der Waals surface area contributed by atoms with Crippen molar-refractivity contribution < 1.29 is 18.4 Å². The molecule has 0 aliphatic carbocycles. The van der Waals surface area contributed by atoms with Gasteiger partial charge >= 0.3 is 0 Å². The minimum Gasteiger partial charge on any atom is -0.497 e. The molecule has 0 unspecified atom stereocenters. The van der Waals surface area contributed by atoms with E-state index in [1.165, 1.54) is 12.3 Å². The molecule has 2 heterocycles. The predicted molar refractivity (Wildman–Crippen MR) is 78.2 cm³/mol. The Balaban J connectivity index is 2.00. The van der Waals surface area contributed by atoms with Crippen molar-refractivity contribution in [2.75, 3.05) is 14.2 Å². The zero-order valence-corrected chi connectivity index (χ0v) is 12.0. The second-order valence-electron chi connectivity index (χ2n) is 4.57. The summed E-state index contributed by atoms with van der Waals surface area (Å²) in [5.74, 6) is 1.38. The number of pyridine rings is 1. The molecule has 0 spiro atoms. The molecule has 0 saturated carbocycles. The van der Waals surface area contributed by atoms with Gasteiger partial charge in [0.25, 0.3) is 0 Å². The van der Waals surface area contributed by atoms with Crippen LogP contribution in [0.3, 0.4) is 0 Å². The largest absolute Gasteiger partial charge is 0.497 e. The van der Waals surface area contributed by atoms with E-state index in [9.17, 15) is 4.39 Å². The summed E-state index contributed by atoms with van der Waals surface area (Å²) >= 11 is 0. The maximum absolute atomic E-state index is 13.2. The standard InChI is InChI=1S/C16H13FN2O3/c1-20-13-4-10(5-14(6-13)21-2)16-7-15(19-22-16)11-3-12(17)9-18-8-11/h3-9H,1-2H3. The minimum absolute atomic E-state index is 0.426. The number of nitrogens with zero attached hydrogens (tertiary/aromatic N) is 2. The average Bonchev–Trinajstić information content (AvgIpc) is 3.04. The van der Waals surface area contributed by atoms with E-state index in [1.807, 2.05) is 0 Å². The van der Waals surface area contributed by atoms with E-state index in [-0.39, 0.29) is 0 Å². The van der Waals surface area contributed by atoms with Crippen LogP contribution in [-0.2, 0) is 0 Å². The van der Waals surface area contributed by atoms with Crippen molar-refractivity contribution >= 4 is 0 Å². The Morgan fingerprint density at radius 2 is 1.64 bits per heavy atom. The van der Waals surface area contributed by atoms with E-state index >= 15 is 0 Å². The molecule has 0 N–H and O–H groups in total. The maximum atomic E-state index is 13.2. The Kier molecular flexibility index (Phi) is 3.74. The van der Waals surface area contributed by atoms with Gasteiger partial charge in [0.15, 0.2) is 5.76 Å². The highest BCUT2D eigenvalue weighted by molar-refractivity contribution is 5.68. The number of aromatic nitrogens is 2. The van der Waals surface area contributed by atoms with Crippen molar-refractivity contribution in [1.82, 2.24) is 10.1 Å². The molecule has 0 radical (unpaired) electrons. The van der Waals surface area contributed by atoms with Crippen LogP contribution in [-0.4, -0.2) is 24.4 Å². The predicted octanol–water partition coefficient (Wildman–Crippen LogP) is 3.56. The monoisotopic (exact) mass is 300 g/mol. The third-order valence-electron chi connectivity index (χ3n) is 3.15. The highest BCUT2D eigenvalue weighted by atomic mass is 19.1. The van der Waals surface area contributed by atoms with E-state index in [0.717, 1.165) is 11.8 Å². The number of ether oxygens (including phenoxy) is 2. The number of methoxy groups -OCH3 is 2. The van der Waals surface area contributed by atoms with Gasteiger partial charge in [-0.25, -0.2) is 4.39 Å². The number of hydrogen-bond acceptors (Lipinski definition) is 5. The molecule has 3 aromatic rings. The lowest BCUT2D eigenvalue weighted by molar-refractivity contribution is 0.393. The molecule has 112 valence electrons. The highest BCUT2D eigenvalue weighted by Gasteiger charge is 2.12. The molecular weight excluding hydrogens is 287 g/mol. The molecule has 5 nitrogen and oxygen atoms in total. The van der Waals surface area contributed by atoms with E-state index in [1.54, 1.807) is 38.5 Å². The van der Waals surface area contributed by atoms with E-state index in [4.69, 9.17) is 14.0 Å². The Morgan fingerprint density at radius 1 is 0.909 bits per heavy atom. The van der Waals surface area contributed by atoms with Gasteiger partial charge in [-0.15, -0.1) is 0 Å². The Morgan fingerprint density at radius 3 is 2.27 bits per heavy atom. The smallest absolute Gasteiger partial charge is 0.167 e. The fourth-order valence-corrected chi connectivity index (χ4v) is 2.05. The van der Waals surface area contributed by atoms with Crippen molar-refractivity contribution in [1.29, 1.82) is 0 Å². The first-order valence-corrected chi connectivity index (χ1v) is 6.50. The molecule has 22 heavy (non-hydrogen) atoms. The lowest BCUT2D eigenvalue weighted by Gasteiger charge is -2.06.